The number of H-pyrrole nitrogens is 1. The second-order valence-corrected chi connectivity index (χ2v) is 8.97. The number of rotatable bonds is 3. The standard InChI is InChI=1S/C22H23N3O3S/c1-14-11-17(12-21(15(14)2)29(23,27)28)22(26)25-9-7-16(8-10-25)19-13-24-20-6-4-3-5-18(19)20/h3-7,11-13,24H,8-10H2,1-2H3,(H2,23,27,28). The molecule has 1 aromatic heterocycles. The summed E-state index contributed by atoms with van der Waals surface area (Å²) in [5, 5.41) is 6.50. The molecular formula is C22H23N3O3S. The van der Waals surface area contributed by atoms with Crippen LogP contribution in [0.3, 0.4) is 0 Å². The summed E-state index contributed by atoms with van der Waals surface area (Å²) in [5.41, 5.74) is 5.11. The highest BCUT2D eigenvalue weighted by atomic mass is 32.2. The summed E-state index contributed by atoms with van der Waals surface area (Å²) < 4.78 is 23.8. The summed E-state index contributed by atoms with van der Waals surface area (Å²) >= 11 is 0. The van der Waals surface area contributed by atoms with Crippen LogP contribution in [0.1, 0.15) is 33.5 Å². The molecule has 2 heterocycles. The molecule has 150 valence electrons. The van der Waals surface area contributed by atoms with Crippen molar-refractivity contribution in [2.45, 2.75) is 25.2 Å². The van der Waals surface area contributed by atoms with Gasteiger partial charge in [0.05, 0.1) is 4.90 Å². The molecule has 0 atom stereocenters. The van der Waals surface area contributed by atoms with Gasteiger partial charge in [0.2, 0.25) is 10.0 Å². The molecular weight excluding hydrogens is 386 g/mol. The van der Waals surface area contributed by atoms with Crippen molar-refractivity contribution >= 4 is 32.4 Å². The topological polar surface area (TPSA) is 96.3 Å². The summed E-state index contributed by atoms with van der Waals surface area (Å²) in [5.74, 6) is -0.188. The van der Waals surface area contributed by atoms with Crippen molar-refractivity contribution in [3.8, 4) is 0 Å². The Morgan fingerprint density at radius 3 is 2.62 bits per heavy atom. The fourth-order valence-electron chi connectivity index (χ4n) is 3.86. The molecule has 1 aliphatic rings. The third-order valence-corrected chi connectivity index (χ3v) is 6.64. The van der Waals surface area contributed by atoms with Gasteiger partial charge in [-0.3, -0.25) is 4.79 Å². The Balaban J connectivity index is 1.60. The fraction of sp³-hybridized carbons (Fsp3) is 0.227. The highest BCUT2D eigenvalue weighted by molar-refractivity contribution is 7.89. The third kappa shape index (κ3) is 3.59. The van der Waals surface area contributed by atoms with E-state index in [1.807, 2.05) is 24.4 Å². The lowest BCUT2D eigenvalue weighted by molar-refractivity contribution is 0.0772. The molecule has 7 heteroatoms. The van der Waals surface area contributed by atoms with Gasteiger partial charge in [0.15, 0.2) is 0 Å². The van der Waals surface area contributed by atoms with Gasteiger partial charge in [-0.1, -0.05) is 24.3 Å². The summed E-state index contributed by atoms with van der Waals surface area (Å²) in [7, 11) is -3.89. The average molecular weight is 410 g/mol. The van der Waals surface area contributed by atoms with Gasteiger partial charge in [0, 0.05) is 41.3 Å². The van der Waals surface area contributed by atoms with Crippen LogP contribution in [0.4, 0.5) is 0 Å². The van der Waals surface area contributed by atoms with Gasteiger partial charge in [-0.2, -0.15) is 0 Å². The number of sulfonamides is 1. The first kappa shape index (κ1) is 19.4. The Morgan fingerprint density at radius 2 is 1.93 bits per heavy atom. The highest BCUT2D eigenvalue weighted by Crippen LogP contribution is 2.30. The number of amides is 1. The van der Waals surface area contributed by atoms with E-state index in [0.717, 1.165) is 23.1 Å². The zero-order chi connectivity index (χ0) is 20.8. The monoisotopic (exact) mass is 409 g/mol. The number of hydrogen-bond donors (Lipinski definition) is 2. The van der Waals surface area contributed by atoms with Crippen molar-refractivity contribution in [2.75, 3.05) is 13.1 Å². The molecule has 0 unspecified atom stereocenters. The van der Waals surface area contributed by atoms with Gasteiger partial charge in [-0.15, -0.1) is 0 Å². The Bertz CT molecular complexity index is 1260. The first-order valence-electron chi connectivity index (χ1n) is 9.44. The maximum absolute atomic E-state index is 13.0. The first-order valence-corrected chi connectivity index (χ1v) is 11.0. The molecule has 29 heavy (non-hydrogen) atoms. The van der Waals surface area contributed by atoms with Crippen LogP contribution < -0.4 is 5.14 Å². The first-order chi connectivity index (χ1) is 13.8. The predicted molar refractivity (Wildman–Crippen MR) is 114 cm³/mol. The lowest BCUT2D eigenvalue weighted by atomic mass is 9.98. The minimum Gasteiger partial charge on any atom is -0.361 e. The van der Waals surface area contributed by atoms with E-state index in [1.54, 1.807) is 24.8 Å². The second kappa shape index (κ2) is 7.17. The smallest absolute Gasteiger partial charge is 0.254 e. The summed E-state index contributed by atoms with van der Waals surface area (Å²) in [4.78, 5) is 18.0. The molecule has 6 nitrogen and oxygen atoms in total. The molecule has 0 saturated heterocycles. The van der Waals surface area contributed by atoms with Crippen LogP contribution >= 0.6 is 0 Å². The van der Waals surface area contributed by atoms with Gasteiger partial charge in [0.1, 0.15) is 0 Å². The molecule has 0 radical (unpaired) electrons. The zero-order valence-electron chi connectivity index (χ0n) is 16.4. The lowest BCUT2D eigenvalue weighted by Crippen LogP contribution is -2.35. The van der Waals surface area contributed by atoms with Crippen LogP contribution in [0.25, 0.3) is 16.5 Å². The number of nitrogens with two attached hydrogens (primary N) is 1. The van der Waals surface area contributed by atoms with Gasteiger partial charge >= 0.3 is 0 Å². The largest absolute Gasteiger partial charge is 0.361 e. The Hall–Kier alpha value is -2.90. The number of aromatic amines is 1. The quantitative estimate of drug-likeness (QED) is 0.694. The molecule has 0 saturated carbocycles. The minimum atomic E-state index is -3.89. The molecule has 3 N–H and O–H groups in total. The number of nitrogens with zero attached hydrogens (tertiary/aromatic N) is 1. The van der Waals surface area contributed by atoms with E-state index in [2.05, 4.69) is 17.1 Å². The molecule has 2 aromatic carbocycles. The summed E-state index contributed by atoms with van der Waals surface area (Å²) in [6.07, 6.45) is 4.81. The Morgan fingerprint density at radius 1 is 1.17 bits per heavy atom. The number of nitrogens with one attached hydrogen (secondary N) is 1. The van der Waals surface area contributed by atoms with Crippen LogP contribution in [-0.4, -0.2) is 37.3 Å². The van der Waals surface area contributed by atoms with Crippen molar-refractivity contribution in [2.24, 2.45) is 5.14 Å². The number of primary sulfonamides is 1. The van der Waals surface area contributed by atoms with Crippen LogP contribution in [0.2, 0.25) is 0 Å². The van der Waals surface area contributed by atoms with Crippen molar-refractivity contribution in [3.63, 3.8) is 0 Å². The number of fused-ring (bicyclic) bond motifs is 1. The van der Waals surface area contributed by atoms with E-state index >= 15 is 0 Å². The molecule has 0 bridgehead atoms. The minimum absolute atomic E-state index is 0.00730. The average Bonchev–Trinajstić information content (AvgIpc) is 3.13. The van der Waals surface area contributed by atoms with Crippen LogP contribution in [0, 0.1) is 13.8 Å². The Kier molecular flexibility index (Phi) is 4.80. The Labute approximate surface area is 170 Å². The maximum atomic E-state index is 13.0. The van der Waals surface area contributed by atoms with Crippen molar-refractivity contribution in [3.05, 3.63) is 70.9 Å². The molecule has 1 aliphatic heterocycles. The van der Waals surface area contributed by atoms with E-state index < -0.39 is 10.0 Å². The lowest BCUT2D eigenvalue weighted by Gasteiger charge is -2.27. The summed E-state index contributed by atoms with van der Waals surface area (Å²) in [6, 6.07) is 11.3. The van der Waals surface area contributed by atoms with Crippen molar-refractivity contribution in [1.29, 1.82) is 0 Å². The van der Waals surface area contributed by atoms with Crippen LogP contribution in [-0.2, 0) is 10.0 Å². The number of hydrogen-bond acceptors (Lipinski definition) is 3. The van der Waals surface area contributed by atoms with Crippen LogP contribution in [0.15, 0.2) is 53.6 Å². The van der Waals surface area contributed by atoms with E-state index in [1.165, 1.54) is 17.0 Å². The number of carbonyl (C=O) groups excluding carboxylic acids is 1. The van der Waals surface area contributed by atoms with Crippen molar-refractivity contribution < 1.29 is 13.2 Å². The van der Waals surface area contributed by atoms with Crippen LogP contribution in [0.5, 0.6) is 0 Å². The number of aromatic nitrogens is 1. The highest BCUT2D eigenvalue weighted by Gasteiger charge is 2.23. The number of benzene rings is 2. The fourth-order valence-corrected chi connectivity index (χ4v) is 4.74. The van der Waals surface area contributed by atoms with E-state index in [-0.39, 0.29) is 10.8 Å². The van der Waals surface area contributed by atoms with Gasteiger partial charge in [0.25, 0.3) is 5.91 Å². The number of para-hydroxylation sites is 1. The SMILES string of the molecule is Cc1cc(C(=O)N2CC=C(c3c[nH]c4ccccc34)CC2)cc(S(N)(=O)=O)c1C. The number of aryl methyl sites for hydroxylation is 1. The zero-order valence-corrected chi connectivity index (χ0v) is 17.2. The molecule has 0 fully saturated rings. The summed E-state index contributed by atoms with van der Waals surface area (Å²) in [6.45, 7) is 4.53. The van der Waals surface area contributed by atoms with Gasteiger partial charge in [-0.25, -0.2) is 13.6 Å². The maximum Gasteiger partial charge on any atom is 0.254 e. The van der Waals surface area contributed by atoms with E-state index in [0.29, 0.717) is 24.2 Å². The van der Waals surface area contributed by atoms with E-state index in [4.69, 9.17) is 5.14 Å². The molecule has 0 spiro atoms. The molecule has 3 aromatic rings. The van der Waals surface area contributed by atoms with Crippen molar-refractivity contribution in [1.82, 2.24) is 9.88 Å². The van der Waals surface area contributed by atoms with Gasteiger partial charge in [-0.05, 0) is 55.2 Å². The molecule has 0 aliphatic carbocycles. The number of carbonyl (C=O) groups is 1. The molecule has 1 amide bonds. The van der Waals surface area contributed by atoms with Gasteiger partial charge < -0.3 is 9.88 Å². The third-order valence-electron chi connectivity index (χ3n) is 5.60. The molecule has 4 rings (SSSR count). The predicted octanol–water partition coefficient (Wildman–Crippen LogP) is 3.36. The normalized spacial score (nSPS) is 14.9. The van der Waals surface area contributed by atoms with E-state index in [9.17, 15) is 13.2 Å². The second-order valence-electron chi connectivity index (χ2n) is 7.44.